The highest BCUT2D eigenvalue weighted by molar-refractivity contribution is 8.00. The van der Waals surface area contributed by atoms with Gasteiger partial charge in [0.25, 0.3) is 0 Å². The Morgan fingerprint density at radius 3 is 2.45 bits per heavy atom. The molecule has 0 heterocycles. The van der Waals surface area contributed by atoms with Gasteiger partial charge in [-0.2, -0.15) is 14.8 Å². The molecule has 0 unspecified atom stereocenters. The fourth-order valence-corrected chi connectivity index (χ4v) is 3.98. The van der Waals surface area contributed by atoms with Crippen molar-refractivity contribution in [2.45, 2.75) is 4.90 Å². The number of nitriles is 2. The predicted molar refractivity (Wildman–Crippen MR) is 78.2 cm³/mol. The number of sulfonamides is 1. The molecule has 0 aliphatic carbocycles. The molecule has 0 saturated carbocycles. The average molecular weight is 310 g/mol. The normalized spacial score (nSPS) is 10.9. The second-order valence-corrected chi connectivity index (χ2v) is 7.08. The van der Waals surface area contributed by atoms with Crippen LogP contribution in [0.15, 0.2) is 29.2 Å². The molecule has 0 spiro atoms. The van der Waals surface area contributed by atoms with Gasteiger partial charge in [0.1, 0.15) is 13.1 Å². The van der Waals surface area contributed by atoms with E-state index in [0.717, 1.165) is 9.20 Å². The van der Waals surface area contributed by atoms with Crippen molar-refractivity contribution >= 4 is 27.5 Å². The zero-order valence-electron chi connectivity index (χ0n) is 10.7. The molecule has 0 aromatic heterocycles. The van der Waals surface area contributed by atoms with Crippen LogP contribution >= 0.6 is 11.8 Å². The maximum absolute atomic E-state index is 12.0. The van der Waals surface area contributed by atoms with Crippen LogP contribution in [-0.4, -0.2) is 37.3 Å². The molecule has 0 atom stereocenters. The number of nitrogens with two attached hydrogens (primary N) is 1. The highest BCUT2D eigenvalue weighted by Gasteiger charge is 2.21. The maximum atomic E-state index is 12.0. The van der Waals surface area contributed by atoms with Crippen molar-refractivity contribution < 1.29 is 8.42 Å². The largest absolute Gasteiger partial charge is 0.399 e. The van der Waals surface area contributed by atoms with Crippen molar-refractivity contribution in [2.75, 3.05) is 30.3 Å². The molecular weight excluding hydrogens is 296 g/mol. The number of benzene rings is 1. The van der Waals surface area contributed by atoms with Gasteiger partial charge in [-0.3, -0.25) is 0 Å². The molecule has 1 rings (SSSR count). The molecule has 0 fully saturated rings. The molecule has 0 aliphatic rings. The van der Waals surface area contributed by atoms with E-state index in [1.54, 1.807) is 30.3 Å². The number of rotatable bonds is 7. The average Bonchev–Trinajstić information content (AvgIpc) is 2.38. The highest BCUT2D eigenvalue weighted by atomic mass is 32.2. The fourth-order valence-electron chi connectivity index (χ4n) is 1.41. The molecule has 2 N–H and O–H groups in total. The van der Waals surface area contributed by atoms with E-state index < -0.39 is 10.0 Å². The SMILES string of the molecule is N#CCN(CC#N)S(=O)(=O)CCSc1cccc(N)c1. The summed E-state index contributed by atoms with van der Waals surface area (Å²) in [6, 6.07) is 10.6. The lowest BCUT2D eigenvalue weighted by Crippen LogP contribution is -2.34. The molecular formula is C12H14N4O2S2. The van der Waals surface area contributed by atoms with Gasteiger partial charge in [-0.25, -0.2) is 8.42 Å². The second-order valence-electron chi connectivity index (χ2n) is 3.82. The van der Waals surface area contributed by atoms with Crippen molar-refractivity contribution in [3.05, 3.63) is 24.3 Å². The van der Waals surface area contributed by atoms with Crippen molar-refractivity contribution in [1.29, 1.82) is 10.5 Å². The Hall–Kier alpha value is -1.74. The number of nitrogen functional groups attached to an aromatic ring is 1. The molecule has 1 aromatic carbocycles. The van der Waals surface area contributed by atoms with Gasteiger partial charge in [-0.05, 0) is 18.2 Å². The minimum Gasteiger partial charge on any atom is -0.399 e. The van der Waals surface area contributed by atoms with Crippen LogP contribution in [0.25, 0.3) is 0 Å². The van der Waals surface area contributed by atoms with Crippen molar-refractivity contribution in [2.24, 2.45) is 0 Å². The van der Waals surface area contributed by atoms with Crippen molar-refractivity contribution in [1.82, 2.24) is 4.31 Å². The Kier molecular flexibility index (Phi) is 6.32. The third-order valence-corrected chi connectivity index (χ3v) is 5.37. The molecule has 0 amide bonds. The molecule has 106 valence electrons. The summed E-state index contributed by atoms with van der Waals surface area (Å²) in [5, 5.41) is 17.2. The summed E-state index contributed by atoms with van der Waals surface area (Å²) in [6.07, 6.45) is 0. The fraction of sp³-hybridized carbons (Fsp3) is 0.333. The zero-order valence-corrected chi connectivity index (χ0v) is 12.3. The van der Waals surface area contributed by atoms with Gasteiger partial charge < -0.3 is 5.73 Å². The van der Waals surface area contributed by atoms with Crippen LogP contribution in [0, 0.1) is 22.7 Å². The van der Waals surface area contributed by atoms with Crippen LogP contribution in [-0.2, 0) is 10.0 Å². The minimum atomic E-state index is -3.59. The van der Waals surface area contributed by atoms with Crippen molar-refractivity contribution in [3.8, 4) is 12.1 Å². The lowest BCUT2D eigenvalue weighted by Gasteiger charge is -2.15. The maximum Gasteiger partial charge on any atom is 0.216 e. The van der Waals surface area contributed by atoms with Gasteiger partial charge >= 0.3 is 0 Å². The second kappa shape index (κ2) is 7.75. The van der Waals surface area contributed by atoms with E-state index >= 15 is 0 Å². The lowest BCUT2D eigenvalue weighted by atomic mass is 10.3. The summed E-state index contributed by atoms with van der Waals surface area (Å²) >= 11 is 1.36. The summed E-state index contributed by atoms with van der Waals surface area (Å²) in [5.74, 6) is 0.203. The van der Waals surface area contributed by atoms with Crippen LogP contribution in [0.1, 0.15) is 0 Å². The molecule has 6 nitrogen and oxygen atoms in total. The van der Waals surface area contributed by atoms with Gasteiger partial charge in [0.15, 0.2) is 0 Å². The van der Waals surface area contributed by atoms with Crippen molar-refractivity contribution in [3.63, 3.8) is 0 Å². The van der Waals surface area contributed by atoms with Gasteiger partial charge in [-0.1, -0.05) is 6.07 Å². The Balaban J connectivity index is 2.59. The predicted octanol–water partition coefficient (Wildman–Crippen LogP) is 1.04. The number of hydrogen-bond donors (Lipinski definition) is 1. The standard InChI is InChI=1S/C12H14N4O2S2/c13-4-6-16(7-5-14)20(17,18)9-8-19-12-3-1-2-11(15)10-12/h1-3,10H,6-9,15H2. The molecule has 0 saturated heterocycles. The molecule has 0 radical (unpaired) electrons. The minimum absolute atomic E-state index is 0.129. The van der Waals surface area contributed by atoms with Gasteiger partial charge in [0.05, 0.1) is 17.9 Å². The molecule has 20 heavy (non-hydrogen) atoms. The third kappa shape index (κ3) is 5.10. The van der Waals surface area contributed by atoms with Crippen LogP contribution < -0.4 is 5.73 Å². The zero-order chi connectivity index (χ0) is 15.0. The molecule has 8 heteroatoms. The van der Waals surface area contributed by atoms with Crippen LogP contribution in [0.4, 0.5) is 5.69 Å². The van der Waals surface area contributed by atoms with E-state index in [-0.39, 0.29) is 18.8 Å². The Morgan fingerprint density at radius 1 is 1.25 bits per heavy atom. The summed E-state index contributed by atoms with van der Waals surface area (Å²) in [7, 11) is -3.59. The smallest absolute Gasteiger partial charge is 0.216 e. The van der Waals surface area contributed by atoms with E-state index in [9.17, 15) is 8.42 Å². The first-order valence-electron chi connectivity index (χ1n) is 5.69. The first kappa shape index (κ1) is 16.3. The summed E-state index contributed by atoms with van der Waals surface area (Å²) in [5.41, 5.74) is 6.25. The number of hydrogen-bond acceptors (Lipinski definition) is 6. The number of thioether (sulfide) groups is 1. The van der Waals surface area contributed by atoms with E-state index in [2.05, 4.69) is 0 Å². The van der Waals surface area contributed by atoms with E-state index in [1.807, 2.05) is 6.07 Å². The Labute approximate surface area is 122 Å². The van der Waals surface area contributed by atoms with E-state index in [0.29, 0.717) is 11.4 Å². The van der Waals surface area contributed by atoms with Crippen LogP contribution in [0.2, 0.25) is 0 Å². The van der Waals surface area contributed by atoms with E-state index in [4.69, 9.17) is 16.3 Å². The summed E-state index contributed by atoms with van der Waals surface area (Å²) in [4.78, 5) is 0.882. The number of anilines is 1. The summed E-state index contributed by atoms with van der Waals surface area (Å²) in [6.45, 7) is -0.613. The van der Waals surface area contributed by atoms with Crippen LogP contribution in [0.3, 0.4) is 0 Å². The van der Waals surface area contributed by atoms with Crippen LogP contribution in [0.5, 0.6) is 0 Å². The monoisotopic (exact) mass is 310 g/mol. The summed E-state index contributed by atoms with van der Waals surface area (Å²) < 4.78 is 24.8. The van der Waals surface area contributed by atoms with E-state index in [1.165, 1.54) is 11.8 Å². The quantitative estimate of drug-likeness (QED) is 0.457. The molecule has 1 aromatic rings. The third-order valence-electron chi connectivity index (χ3n) is 2.36. The molecule has 0 bridgehead atoms. The molecule has 0 aliphatic heterocycles. The topological polar surface area (TPSA) is 111 Å². The van der Waals surface area contributed by atoms with Gasteiger partial charge in [-0.15, -0.1) is 11.8 Å². The van der Waals surface area contributed by atoms with Gasteiger partial charge in [0.2, 0.25) is 10.0 Å². The number of nitrogens with zero attached hydrogens (tertiary/aromatic N) is 3. The Morgan fingerprint density at radius 2 is 1.90 bits per heavy atom. The first-order valence-corrected chi connectivity index (χ1v) is 8.29. The first-order chi connectivity index (χ1) is 9.49. The van der Waals surface area contributed by atoms with Gasteiger partial charge in [0, 0.05) is 16.3 Å². The Bertz CT molecular complexity index is 616. The lowest BCUT2D eigenvalue weighted by molar-refractivity contribution is 0.481. The highest BCUT2D eigenvalue weighted by Crippen LogP contribution is 2.20.